The Bertz CT molecular complexity index is 699. The first-order chi connectivity index (χ1) is 12.1. The summed E-state index contributed by atoms with van der Waals surface area (Å²) in [5, 5.41) is 6.52. The number of aryl methyl sites for hydroxylation is 1. The molecule has 2 aromatic carbocycles. The third-order valence-electron chi connectivity index (χ3n) is 3.86. The molecule has 2 rings (SSSR count). The van der Waals surface area contributed by atoms with Gasteiger partial charge in [-0.1, -0.05) is 36.4 Å². The van der Waals surface area contributed by atoms with Gasteiger partial charge in [-0.25, -0.2) is 4.39 Å². The molecule has 0 bridgehead atoms. The first kappa shape index (κ1) is 18.9. The van der Waals surface area contributed by atoms with E-state index in [4.69, 9.17) is 4.74 Å². The van der Waals surface area contributed by atoms with Crippen LogP contribution in [0.5, 0.6) is 0 Å². The monoisotopic (exact) mass is 343 g/mol. The predicted octanol–water partition coefficient (Wildman–Crippen LogP) is 3.54. The Balaban J connectivity index is 1.82. The maximum Gasteiger partial charge on any atom is 0.191 e. The van der Waals surface area contributed by atoms with Crippen LogP contribution < -0.4 is 10.6 Å². The van der Waals surface area contributed by atoms with Crippen LogP contribution in [0.2, 0.25) is 0 Å². The normalized spacial score (nSPS) is 11.4. The highest BCUT2D eigenvalue weighted by molar-refractivity contribution is 5.79. The molecular formula is C20H26FN3O. The summed E-state index contributed by atoms with van der Waals surface area (Å²) >= 11 is 0. The van der Waals surface area contributed by atoms with Gasteiger partial charge in [-0.2, -0.15) is 0 Å². The Morgan fingerprint density at radius 2 is 1.60 bits per heavy atom. The van der Waals surface area contributed by atoms with Gasteiger partial charge in [0.05, 0.1) is 6.61 Å². The van der Waals surface area contributed by atoms with Gasteiger partial charge in [0, 0.05) is 26.7 Å². The van der Waals surface area contributed by atoms with Crippen molar-refractivity contribution in [3.63, 3.8) is 0 Å². The number of guanidine groups is 1. The minimum atomic E-state index is -0.181. The van der Waals surface area contributed by atoms with Crippen LogP contribution in [0.25, 0.3) is 0 Å². The molecule has 25 heavy (non-hydrogen) atoms. The van der Waals surface area contributed by atoms with Crippen LogP contribution in [0, 0.1) is 12.7 Å². The topological polar surface area (TPSA) is 45.6 Å². The van der Waals surface area contributed by atoms with Gasteiger partial charge in [-0.15, -0.1) is 0 Å². The zero-order chi connectivity index (χ0) is 18.1. The Labute approximate surface area is 149 Å². The number of rotatable bonds is 7. The Morgan fingerprint density at radius 1 is 1.00 bits per heavy atom. The maximum atomic E-state index is 13.3. The maximum absolute atomic E-state index is 13.3. The van der Waals surface area contributed by atoms with E-state index in [1.165, 1.54) is 17.2 Å². The van der Waals surface area contributed by atoms with Crippen molar-refractivity contribution in [3.8, 4) is 0 Å². The molecule has 5 heteroatoms. The minimum Gasteiger partial charge on any atom is -0.377 e. The fourth-order valence-electron chi connectivity index (χ4n) is 2.38. The van der Waals surface area contributed by atoms with E-state index < -0.39 is 0 Å². The largest absolute Gasteiger partial charge is 0.377 e. The van der Waals surface area contributed by atoms with Gasteiger partial charge >= 0.3 is 0 Å². The van der Waals surface area contributed by atoms with Crippen LogP contribution in [0.1, 0.15) is 29.2 Å². The summed E-state index contributed by atoms with van der Waals surface area (Å²) in [4.78, 5) is 4.22. The quantitative estimate of drug-likeness (QED) is 0.597. The van der Waals surface area contributed by atoms with Crippen LogP contribution in [-0.4, -0.2) is 19.6 Å². The van der Waals surface area contributed by atoms with E-state index in [-0.39, 0.29) is 5.82 Å². The summed E-state index contributed by atoms with van der Waals surface area (Å²) in [6.07, 6.45) is 0. The van der Waals surface area contributed by atoms with Crippen molar-refractivity contribution in [1.29, 1.82) is 0 Å². The van der Waals surface area contributed by atoms with Gasteiger partial charge in [0.2, 0.25) is 0 Å². The second-order valence-corrected chi connectivity index (χ2v) is 5.82. The third-order valence-corrected chi connectivity index (χ3v) is 3.86. The van der Waals surface area contributed by atoms with Gasteiger partial charge in [0.25, 0.3) is 0 Å². The Kier molecular flexibility index (Phi) is 7.41. The van der Waals surface area contributed by atoms with Gasteiger partial charge in [-0.05, 0) is 42.2 Å². The van der Waals surface area contributed by atoms with E-state index >= 15 is 0 Å². The third kappa shape index (κ3) is 6.19. The Hall–Kier alpha value is -2.40. The molecular weight excluding hydrogens is 317 g/mol. The molecule has 0 saturated heterocycles. The van der Waals surface area contributed by atoms with Crippen molar-refractivity contribution >= 4 is 5.96 Å². The standard InChI is InChI=1S/C20H26FN3O/c1-4-25-14-17-7-5-16(6-8-17)12-23-20(22-3)24-13-18-9-10-19(21)15(2)11-18/h5-11H,4,12-14H2,1-3H3,(H2,22,23,24). The van der Waals surface area contributed by atoms with E-state index in [0.29, 0.717) is 31.2 Å². The summed E-state index contributed by atoms with van der Waals surface area (Å²) in [6, 6.07) is 13.4. The number of hydrogen-bond donors (Lipinski definition) is 2. The molecule has 2 N–H and O–H groups in total. The number of aliphatic imine (C=N–C) groups is 1. The van der Waals surface area contributed by atoms with Crippen molar-refractivity contribution in [3.05, 3.63) is 70.5 Å². The smallest absolute Gasteiger partial charge is 0.191 e. The molecule has 0 spiro atoms. The molecule has 0 aliphatic carbocycles. The number of nitrogens with zero attached hydrogens (tertiary/aromatic N) is 1. The van der Waals surface area contributed by atoms with Gasteiger partial charge in [0.15, 0.2) is 5.96 Å². The lowest BCUT2D eigenvalue weighted by atomic mass is 10.1. The summed E-state index contributed by atoms with van der Waals surface area (Å²) in [5.74, 6) is 0.527. The van der Waals surface area contributed by atoms with E-state index in [1.807, 2.05) is 13.0 Å². The molecule has 0 aliphatic rings. The molecule has 4 nitrogen and oxygen atoms in total. The molecule has 134 valence electrons. The second-order valence-electron chi connectivity index (χ2n) is 5.82. The highest BCUT2D eigenvalue weighted by atomic mass is 19.1. The molecule has 0 heterocycles. The van der Waals surface area contributed by atoms with E-state index in [2.05, 4.69) is 39.9 Å². The van der Waals surface area contributed by atoms with Gasteiger partial charge in [0.1, 0.15) is 5.82 Å². The summed E-state index contributed by atoms with van der Waals surface area (Å²) in [5.41, 5.74) is 4.00. The molecule has 0 atom stereocenters. The molecule has 0 amide bonds. The average molecular weight is 343 g/mol. The van der Waals surface area contributed by atoms with Crippen molar-refractivity contribution in [1.82, 2.24) is 10.6 Å². The highest BCUT2D eigenvalue weighted by Crippen LogP contribution is 2.09. The van der Waals surface area contributed by atoms with Gasteiger partial charge < -0.3 is 15.4 Å². The van der Waals surface area contributed by atoms with E-state index in [0.717, 1.165) is 12.2 Å². The van der Waals surface area contributed by atoms with Crippen molar-refractivity contribution in [2.45, 2.75) is 33.5 Å². The second kappa shape index (κ2) is 9.79. The number of benzene rings is 2. The van der Waals surface area contributed by atoms with Crippen molar-refractivity contribution < 1.29 is 9.13 Å². The Morgan fingerprint density at radius 3 is 2.20 bits per heavy atom. The minimum absolute atomic E-state index is 0.181. The van der Waals surface area contributed by atoms with Crippen molar-refractivity contribution in [2.24, 2.45) is 4.99 Å². The molecule has 0 saturated carbocycles. The number of nitrogens with one attached hydrogen (secondary N) is 2. The molecule has 0 aliphatic heterocycles. The lowest BCUT2D eigenvalue weighted by Gasteiger charge is -2.13. The fraction of sp³-hybridized carbons (Fsp3) is 0.350. The van der Waals surface area contributed by atoms with Crippen molar-refractivity contribution in [2.75, 3.05) is 13.7 Å². The summed E-state index contributed by atoms with van der Waals surface area (Å²) < 4.78 is 18.7. The number of hydrogen-bond acceptors (Lipinski definition) is 2. The zero-order valence-corrected chi connectivity index (χ0v) is 15.1. The zero-order valence-electron chi connectivity index (χ0n) is 15.1. The van der Waals surface area contributed by atoms with Crippen LogP contribution in [0.15, 0.2) is 47.5 Å². The first-order valence-electron chi connectivity index (χ1n) is 8.47. The lowest BCUT2D eigenvalue weighted by molar-refractivity contribution is 0.134. The van der Waals surface area contributed by atoms with Crippen LogP contribution >= 0.6 is 0 Å². The number of halogens is 1. The fourth-order valence-corrected chi connectivity index (χ4v) is 2.38. The molecule has 0 aromatic heterocycles. The molecule has 0 fully saturated rings. The molecule has 0 unspecified atom stereocenters. The summed E-state index contributed by atoms with van der Waals surface area (Å²) in [7, 11) is 1.73. The van der Waals surface area contributed by atoms with E-state index in [9.17, 15) is 4.39 Å². The highest BCUT2D eigenvalue weighted by Gasteiger charge is 2.02. The van der Waals surface area contributed by atoms with Crippen LogP contribution in [0.4, 0.5) is 4.39 Å². The molecule has 0 radical (unpaired) electrons. The van der Waals surface area contributed by atoms with E-state index in [1.54, 1.807) is 20.0 Å². The summed E-state index contributed by atoms with van der Waals surface area (Å²) in [6.45, 7) is 6.39. The SMILES string of the molecule is CCOCc1ccc(CNC(=NC)NCc2ccc(F)c(C)c2)cc1. The average Bonchev–Trinajstić information content (AvgIpc) is 2.64. The predicted molar refractivity (Wildman–Crippen MR) is 99.9 cm³/mol. The van der Waals surface area contributed by atoms with Crippen LogP contribution in [-0.2, 0) is 24.4 Å². The number of ether oxygens (including phenoxy) is 1. The van der Waals surface area contributed by atoms with Gasteiger partial charge in [-0.3, -0.25) is 4.99 Å². The lowest BCUT2D eigenvalue weighted by Crippen LogP contribution is -2.36. The van der Waals surface area contributed by atoms with Crippen LogP contribution in [0.3, 0.4) is 0 Å². The molecule has 2 aromatic rings. The first-order valence-corrected chi connectivity index (χ1v) is 8.47.